The van der Waals surface area contributed by atoms with Gasteiger partial charge in [-0.15, -0.1) is 11.3 Å². The van der Waals surface area contributed by atoms with E-state index in [2.05, 4.69) is 5.32 Å². The number of hydrogen-bond acceptors (Lipinski definition) is 2. The van der Waals surface area contributed by atoms with Gasteiger partial charge >= 0.3 is 0 Å². The van der Waals surface area contributed by atoms with Crippen molar-refractivity contribution < 1.29 is 4.79 Å². The van der Waals surface area contributed by atoms with Gasteiger partial charge in [-0.3, -0.25) is 4.79 Å². The van der Waals surface area contributed by atoms with Crippen LogP contribution in [-0.4, -0.2) is 5.91 Å². The third-order valence-corrected chi connectivity index (χ3v) is 3.22. The molecule has 0 aliphatic heterocycles. The van der Waals surface area contributed by atoms with Crippen LogP contribution < -0.4 is 5.32 Å². The normalized spacial score (nSPS) is 10.1. The molecule has 2 aromatic rings. The molecule has 0 atom stereocenters. The fraction of sp³-hybridized carbons (Fsp3) is 0.0833. The molecule has 2 nitrogen and oxygen atoms in total. The molecule has 82 valence electrons. The van der Waals surface area contributed by atoms with Crippen LogP contribution >= 0.6 is 22.9 Å². The summed E-state index contributed by atoms with van der Waals surface area (Å²) in [4.78, 5) is 11.7. The fourth-order valence-electron chi connectivity index (χ4n) is 1.31. The highest BCUT2D eigenvalue weighted by molar-refractivity contribution is 7.14. The largest absolute Gasteiger partial charge is 0.348 e. The standard InChI is InChI=1S/C12H10ClNOS/c13-11-6-10(8-16-11)12(15)14-7-9-4-2-1-3-5-9/h1-6,8H,7H2,(H,14,15). The van der Waals surface area contributed by atoms with E-state index in [1.807, 2.05) is 30.3 Å². The smallest absolute Gasteiger partial charge is 0.252 e. The highest BCUT2D eigenvalue weighted by atomic mass is 35.5. The van der Waals surface area contributed by atoms with Crippen molar-refractivity contribution in [3.8, 4) is 0 Å². The number of hydrogen-bond donors (Lipinski definition) is 1. The van der Waals surface area contributed by atoms with Crippen molar-refractivity contribution in [1.29, 1.82) is 0 Å². The third-order valence-electron chi connectivity index (χ3n) is 2.13. The number of benzene rings is 1. The van der Waals surface area contributed by atoms with Crippen molar-refractivity contribution in [2.24, 2.45) is 0 Å². The molecule has 0 aliphatic rings. The summed E-state index contributed by atoms with van der Waals surface area (Å²) in [5.41, 5.74) is 1.70. The predicted octanol–water partition coefficient (Wildman–Crippen LogP) is 3.33. The lowest BCUT2D eigenvalue weighted by atomic mass is 10.2. The fourth-order valence-corrected chi connectivity index (χ4v) is 2.17. The third kappa shape index (κ3) is 2.84. The number of nitrogens with one attached hydrogen (secondary N) is 1. The zero-order chi connectivity index (χ0) is 11.4. The molecule has 0 aliphatic carbocycles. The van der Waals surface area contributed by atoms with Gasteiger partial charge in [0.15, 0.2) is 0 Å². The van der Waals surface area contributed by atoms with E-state index >= 15 is 0 Å². The van der Waals surface area contributed by atoms with Crippen LogP contribution in [0.1, 0.15) is 15.9 Å². The zero-order valence-electron chi connectivity index (χ0n) is 8.44. The summed E-state index contributed by atoms with van der Waals surface area (Å²) in [6, 6.07) is 11.5. The maximum absolute atomic E-state index is 11.7. The van der Waals surface area contributed by atoms with E-state index in [9.17, 15) is 4.79 Å². The van der Waals surface area contributed by atoms with Gasteiger partial charge in [0.25, 0.3) is 5.91 Å². The highest BCUT2D eigenvalue weighted by Gasteiger charge is 2.06. The second-order valence-electron chi connectivity index (χ2n) is 3.31. The molecule has 0 saturated carbocycles. The van der Waals surface area contributed by atoms with Gasteiger partial charge in [0.05, 0.1) is 9.90 Å². The molecule has 0 fully saturated rings. The minimum atomic E-state index is -0.0907. The Bertz CT molecular complexity index is 481. The average molecular weight is 252 g/mol. The Hall–Kier alpha value is -1.32. The van der Waals surface area contributed by atoms with Crippen LogP contribution in [0, 0.1) is 0 Å². The lowest BCUT2D eigenvalue weighted by Crippen LogP contribution is -2.22. The van der Waals surface area contributed by atoms with Gasteiger partial charge < -0.3 is 5.32 Å². The van der Waals surface area contributed by atoms with E-state index in [1.165, 1.54) is 11.3 Å². The Morgan fingerprint density at radius 3 is 2.69 bits per heavy atom. The Kier molecular flexibility index (Phi) is 3.59. The van der Waals surface area contributed by atoms with Gasteiger partial charge in [-0.25, -0.2) is 0 Å². The van der Waals surface area contributed by atoms with Crippen molar-refractivity contribution in [2.45, 2.75) is 6.54 Å². The van der Waals surface area contributed by atoms with Crippen molar-refractivity contribution in [2.75, 3.05) is 0 Å². The number of carbonyl (C=O) groups excluding carboxylic acids is 1. The number of thiophene rings is 1. The quantitative estimate of drug-likeness (QED) is 0.891. The van der Waals surface area contributed by atoms with Crippen LogP contribution in [-0.2, 0) is 6.54 Å². The van der Waals surface area contributed by atoms with Gasteiger partial charge in [-0.1, -0.05) is 41.9 Å². The highest BCUT2D eigenvalue weighted by Crippen LogP contribution is 2.19. The van der Waals surface area contributed by atoms with Gasteiger partial charge in [0, 0.05) is 11.9 Å². The number of amides is 1. The Labute approximate surface area is 103 Å². The molecule has 0 radical (unpaired) electrons. The Morgan fingerprint density at radius 2 is 2.06 bits per heavy atom. The number of carbonyl (C=O) groups is 1. The monoisotopic (exact) mass is 251 g/mol. The maximum Gasteiger partial charge on any atom is 0.252 e. The first-order valence-electron chi connectivity index (χ1n) is 4.82. The second-order valence-corrected chi connectivity index (χ2v) is 4.85. The van der Waals surface area contributed by atoms with Crippen LogP contribution in [0.2, 0.25) is 4.34 Å². The zero-order valence-corrected chi connectivity index (χ0v) is 10.0. The molecule has 4 heteroatoms. The van der Waals surface area contributed by atoms with Crippen molar-refractivity contribution >= 4 is 28.8 Å². The van der Waals surface area contributed by atoms with Crippen molar-refractivity contribution in [3.63, 3.8) is 0 Å². The van der Waals surface area contributed by atoms with E-state index in [4.69, 9.17) is 11.6 Å². The van der Waals surface area contributed by atoms with E-state index in [-0.39, 0.29) is 5.91 Å². The molecule has 16 heavy (non-hydrogen) atoms. The number of halogens is 1. The molecule has 2 rings (SSSR count). The molecular formula is C12H10ClNOS. The van der Waals surface area contributed by atoms with Crippen molar-refractivity contribution in [1.82, 2.24) is 5.32 Å². The summed E-state index contributed by atoms with van der Waals surface area (Å²) < 4.78 is 0.630. The van der Waals surface area contributed by atoms with Crippen LogP contribution in [0.15, 0.2) is 41.8 Å². The summed E-state index contributed by atoms with van der Waals surface area (Å²) in [6.07, 6.45) is 0. The Balaban J connectivity index is 1.94. The molecule has 0 spiro atoms. The molecule has 0 unspecified atom stereocenters. The van der Waals surface area contributed by atoms with Crippen LogP contribution in [0.4, 0.5) is 0 Å². The molecule has 1 heterocycles. The Morgan fingerprint density at radius 1 is 1.31 bits per heavy atom. The average Bonchev–Trinajstić information content (AvgIpc) is 2.74. The van der Waals surface area contributed by atoms with Gasteiger partial charge in [0.1, 0.15) is 0 Å². The first-order valence-corrected chi connectivity index (χ1v) is 6.07. The molecule has 0 saturated heterocycles. The summed E-state index contributed by atoms with van der Waals surface area (Å²) in [6.45, 7) is 0.535. The lowest BCUT2D eigenvalue weighted by molar-refractivity contribution is 0.0951. The molecule has 1 amide bonds. The predicted molar refractivity (Wildman–Crippen MR) is 66.9 cm³/mol. The molecule has 1 N–H and O–H groups in total. The summed E-state index contributed by atoms with van der Waals surface area (Å²) >= 11 is 7.12. The second kappa shape index (κ2) is 5.14. The topological polar surface area (TPSA) is 29.1 Å². The van der Waals surface area contributed by atoms with Gasteiger partial charge in [-0.2, -0.15) is 0 Å². The molecular weight excluding hydrogens is 242 g/mol. The van der Waals surface area contributed by atoms with Crippen LogP contribution in [0.3, 0.4) is 0 Å². The first-order chi connectivity index (χ1) is 7.75. The lowest BCUT2D eigenvalue weighted by Gasteiger charge is -2.03. The first kappa shape index (κ1) is 11.2. The van der Waals surface area contributed by atoms with E-state index in [0.717, 1.165) is 5.56 Å². The van der Waals surface area contributed by atoms with Gasteiger partial charge in [-0.05, 0) is 11.6 Å². The SMILES string of the molecule is O=C(NCc1ccccc1)c1csc(Cl)c1. The van der Waals surface area contributed by atoms with E-state index in [1.54, 1.807) is 11.4 Å². The van der Waals surface area contributed by atoms with E-state index in [0.29, 0.717) is 16.4 Å². The van der Waals surface area contributed by atoms with Gasteiger partial charge in [0.2, 0.25) is 0 Å². The van der Waals surface area contributed by atoms with Crippen molar-refractivity contribution in [3.05, 3.63) is 57.2 Å². The van der Waals surface area contributed by atoms with E-state index < -0.39 is 0 Å². The minimum absolute atomic E-state index is 0.0907. The van der Waals surface area contributed by atoms with Crippen LogP contribution in [0.25, 0.3) is 0 Å². The summed E-state index contributed by atoms with van der Waals surface area (Å²) in [7, 11) is 0. The maximum atomic E-state index is 11.7. The van der Waals surface area contributed by atoms with Crippen LogP contribution in [0.5, 0.6) is 0 Å². The minimum Gasteiger partial charge on any atom is -0.348 e. The molecule has 0 bridgehead atoms. The molecule has 1 aromatic heterocycles. The number of rotatable bonds is 3. The summed E-state index contributed by atoms with van der Waals surface area (Å²) in [5, 5.41) is 4.59. The summed E-state index contributed by atoms with van der Waals surface area (Å²) in [5.74, 6) is -0.0907. The molecule has 1 aromatic carbocycles.